The maximum absolute atomic E-state index is 6.14. The molecule has 1 aliphatic heterocycles. The van der Waals surface area contributed by atoms with E-state index in [1.54, 1.807) is 11.3 Å². The van der Waals surface area contributed by atoms with Gasteiger partial charge in [-0.05, 0) is 44.2 Å². The molecule has 1 saturated carbocycles. The molecule has 2 aliphatic rings. The molecule has 1 aliphatic carbocycles. The van der Waals surface area contributed by atoms with Crippen LogP contribution in [0.4, 0.5) is 5.82 Å². The van der Waals surface area contributed by atoms with E-state index < -0.39 is 0 Å². The monoisotopic (exact) mass is 459 g/mol. The quantitative estimate of drug-likeness (QED) is 0.543. The molecule has 3 heterocycles. The Hall–Kier alpha value is -0.540. The number of aromatic nitrogens is 3. The second kappa shape index (κ2) is 8.22. The fourth-order valence-electron chi connectivity index (χ4n) is 3.80. The highest BCUT2D eigenvalue weighted by Gasteiger charge is 2.27. The van der Waals surface area contributed by atoms with Crippen LogP contribution in [0.15, 0.2) is 0 Å². The first-order valence-corrected chi connectivity index (χ1v) is 11.3. The molecular weight excluding hydrogens is 438 g/mol. The average molecular weight is 461 g/mol. The highest BCUT2D eigenvalue weighted by molar-refractivity contribution is 9.09. The standard InChI is InChI=1S/C17H23BrClN5OS/c1-10(18)15-21-13-14(22-17(19)23-16(13)26-15)20-11-2-4-12(5-3-11)24-6-8-25-9-7-24/h10-12H,2-9H2,1H3,(H,20,22,23)/t10?,11-,12-. The smallest absolute Gasteiger partial charge is 0.225 e. The van der Waals surface area contributed by atoms with Crippen molar-refractivity contribution in [1.82, 2.24) is 19.9 Å². The molecule has 1 atom stereocenters. The second-order valence-corrected chi connectivity index (χ2v) is 9.68. The third kappa shape index (κ3) is 4.14. The minimum Gasteiger partial charge on any atom is -0.379 e. The molecule has 1 N–H and O–H groups in total. The molecule has 2 aromatic rings. The average Bonchev–Trinajstić information content (AvgIpc) is 3.08. The van der Waals surface area contributed by atoms with Crippen LogP contribution in [-0.2, 0) is 4.74 Å². The lowest BCUT2D eigenvalue weighted by molar-refractivity contribution is 0.00791. The van der Waals surface area contributed by atoms with Crippen LogP contribution in [0.25, 0.3) is 10.3 Å². The number of rotatable bonds is 4. The molecule has 0 amide bonds. The fraction of sp³-hybridized carbons (Fsp3) is 0.706. The summed E-state index contributed by atoms with van der Waals surface area (Å²) < 4.78 is 5.47. The Kier molecular flexibility index (Phi) is 5.95. The second-order valence-electron chi connectivity index (χ2n) is 6.96. The first-order valence-electron chi connectivity index (χ1n) is 9.16. The van der Waals surface area contributed by atoms with Crippen LogP contribution in [0.2, 0.25) is 5.28 Å². The molecule has 2 aromatic heterocycles. The lowest BCUT2D eigenvalue weighted by Crippen LogP contribution is -2.46. The predicted octanol–water partition coefficient (Wildman–Crippen LogP) is 4.25. The molecule has 0 spiro atoms. The van der Waals surface area contributed by atoms with E-state index in [9.17, 15) is 0 Å². The maximum Gasteiger partial charge on any atom is 0.225 e. The van der Waals surface area contributed by atoms with Gasteiger partial charge >= 0.3 is 0 Å². The van der Waals surface area contributed by atoms with Gasteiger partial charge in [0.1, 0.15) is 10.5 Å². The largest absolute Gasteiger partial charge is 0.379 e. The van der Waals surface area contributed by atoms with E-state index in [1.807, 2.05) is 0 Å². The van der Waals surface area contributed by atoms with Crippen molar-refractivity contribution in [3.05, 3.63) is 10.3 Å². The highest BCUT2D eigenvalue weighted by Crippen LogP contribution is 2.34. The van der Waals surface area contributed by atoms with Gasteiger partial charge in [-0.25, -0.2) is 9.97 Å². The van der Waals surface area contributed by atoms with Crippen molar-refractivity contribution >= 4 is 55.0 Å². The van der Waals surface area contributed by atoms with Gasteiger partial charge in [0.2, 0.25) is 5.28 Å². The third-order valence-corrected chi connectivity index (χ3v) is 7.23. The number of nitrogens with one attached hydrogen (secondary N) is 1. The van der Waals surface area contributed by atoms with Gasteiger partial charge in [-0.1, -0.05) is 27.3 Å². The maximum atomic E-state index is 6.14. The van der Waals surface area contributed by atoms with Crippen LogP contribution in [0.5, 0.6) is 0 Å². The summed E-state index contributed by atoms with van der Waals surface area (Å²) in [4.78, 5) is 17.1. The van der Waals surface area contributed by atoms with Crippen molar-refractivity contribution < 1.29 is 4.74 Å². The Morgan fingerprint density at radius 2 is 1.92 bits per heavy atom. The number of anilines is 1. The van der Waals surface area contributed by atoms with E-state index in [1.165, 1.54) is 12.8 Å². The molecule has 1 unspecified atom stereocenters. The molecule has 9 heteroatoms. The first-order chi connectivity index (χ1) is 12.6. The Bertz CT molecular complexity index is 759. The summed E-state index contributed by atoms with van der Waals surface area (Å²) in [6, 6.07) is 1.10. The number of ether oxygens (including phenoxy) is 1. The summed E-state index contributed by atoms with van der Waals surface area (Å²) >= 11 is 11.3. The van der Waals surface area contributed by atoms with Gasteiger partial charge in [-0.2, -0.15) is 4.98 Å². The first kappa shape index (κ1) is 18.8. The van der Waals surface area contributed by atoms with Gasteiger partial charge < -0.3 is 10.1 Å². The van der Waals surface area contributed by atoms with Gasteiger partial charge in [0, 0.05) is 25.2 Å². The fourth-order valence-corrected chi connectivity index (χ4v) is 5.27. The van der Waals surface area contributed by atoms with Crippen LogP contribution in [0, 0.1) is 0 Å². The number of alkyl halides is 1. The molecule has 4 rings (SSSR count). The van der Waals surface area contributed by atoms with E-state index in [4.69, 9.17) is 21.3 Å². The lowest BCUT2D eigenvalue weighted by atomic mass is 9.90. The molecule has 0 aromatic carbocycles. The Morgan fingerprint density at radius 3 is 2.62 bits per heavy atom. The summed E-state index contributed by atoms with van der Waals surface area (Å²) in [5.74, 6) is 0.769. The van der Waals surface area contributed by atoms with Crippen molar-refractivity contribution in [2.45, 2.75) is 49.5 Å². The van der Waals surface area contributed by atoms with Crippen LogP contribution >= 0.6 is 38.9 Å². The number of thiazole rings is 1. The topological polar surface area (TPSA) is 63.2 Å². The molecule has 1 saturated heterocycles. The Morgan fingerprint density at radius 1 is 1.19 bits per heavy atom. The van der Waals surface area contributed by atoms with E-state index >= 15 is 0 Å². The molecule has 142 valence electrons. The van der Waals surface area contributed by atoms with Crippen LogP contribution in [-0.4, -0.2) is 58.2 Å². The van der Waals surface area contributed by atoms with Crippen molar-refractivity contribution in [1.29, 1.82) is 0 Å². The molecule has 6 nitrogen and oxygen atoms in total. The minimum absolute atomic E-state index is 0.192. The zero-order chi connectivity index (χ0) is 18.1. The molecular formula is C17H23BrClN5OS. The predicted molar refractivity (Wildman–Crippen MR) is 110 cm³/mol. The highest BCUT2D eigenvalue weighted by atomic mass is 79.9. The van der Waals surface area contributed by atoms with E-state index in [-0.39, 0.29) is 10.1 Å². The summed E-state index contributed by atoms with van der Waals surface area (Å²) in [5.41, 5.74) is 0.830. The van der Waals surface area contributed by atoms with Crippen LogP contribution in [0.1, 0.15) is 42.4 Å². The normalized spacial score (nSPS) is 26.1. The van der Waals surface area contributed by atoms with Gasteiger partial charge in [0.15, 0.2) is 10.6 Å². The summed E-state index contributed by atoms with van der Waals surface area (Å²) in [7, 11) is 0. The molecule has 2 fully saturated rings. The van der Waals surface area contributed by atoms with Crippen molar-refractivity contribution in [3.63, 3.8) is 0 Å². The van der Waals surface area contributed by atoms with Crippen LogP contribution < -0.4 is 5.32 Å². The summed E-state index contributed by atoms with van der Waals surface area (Å²) in [6.45, 7) is 5.93. The number of hydrogen-bond acceptors (Lipinski definition) is 7. The van der Waals surface area contributed by atoms with E-state index in [0.29, 0.717) is 12.1 Å². The third-order valence-electron chi connectivity index (χ3n) is 5.19. The summed E-state index contributed by atoms with van der Waals surface area (Å²) in [5, 5.41) is 4.86. The van der Waals surface area contributed by atoms with E-state index in [2.05, 4.69) is 43.0 Å². The zero-order valence-electron chi connectivity index (χ0n) is 14.8. The summed E-state index contributed by atoms with van der Waals surface area (Å²) in [6.07, 6.45) is 4.69. The Balaban J connectivity index is 1.44. The number of hydrogen-bond donors (Lipinski definition) is 1. The molecule has 0 bridgehead atoms. The number of morpholine rings is 1. The Labute approximate surface area is 170 Å². The SMILES string of the molecule is CC(Br)c1nc2c(N[C@H]3CC[C@H](N4CCOCC4)CC3)nc(Cl)nc2s1. The van der Waals surface area contributed by atoms with Crippen LogP contribution in [0.3, 0.4) is 0 Å². The van der Waals surface area contributed by atoms with Crippen molar-refractivity contribution in [2.75, 3.05) is 31.6 Å². The molecule has 0 radical (unpaired) electrons. The minimum atomic E-state index is 0.192. The number of fused-ring (bicyclic) bond motifs is 1. The molecule has 26 heavy (non-hydrogen) atoms. The number of halogens is 2. The lowest BCUT2D eigenvalue weighted by Gasteiger charge is -2.39. The van der Waals surface area contributed by atoms with Gasteiger partial charge in [-0.15, -0.1) is 0 Å². The zero-order valence-corrected chi connectivity index (χ0v) is 17.9. The van der Waals surface area contributed by atoms with Crippen molar-refractivity contribution in [2.24, 2.45) is 0 Å². The van der Waals surface area contributed by atoms with Gasteiger partial charge in [0.25, 0.3) is 0 Å². The van der Waals surface area contributed by atoms with Crippen molar-refractivity contribution in [3.8, 4) is 0 Å². The van der Waals surface area contributed by atoms with Gasteiger partial charge in [0.05, 0.1) is 18.0 Å². The van der Waals surface area contributed by atoms with Gasteiger partial charge in [-0.3, -0.25) is 4.90 Å². The number of nitrogens with zero attached hydrogens (tertiary/aromatic N) is 4. The van der Waals surface area contributed by atoms with E-state index in [0.717, 1.165) is 60.3 Å².